The van der Waals surface area contributed by atoms with Gasteiger partial charge in [0, 0.05) is 0 Å². The van der Waals surface area contributed by atoms with E-state index in [0.717, 1.165) is 12.8 Å². The third kappa shape index (κ3) is 7.43. The van der Waals surface area contributed by atoms with Gasteiger partial charge < -0.3 is 24.8 Å². The Kier molecular flexibility index (Phi) is 12.9. The number of hydrogen-bond donors (Lipinski definition) is 0. The predicted molar refractivity (Wildman–Crippen MR) is 210 cm³/mol. The van der Waals surface area contributed by atoms with Crippen molar-refractivity contribution in [1.29, 1.82) is 0 Å². The summed E-state index contributed by atoms with van der Waals surface area (Å²) in [5.74, 6) is 0.595. The minimum atomic E-state index is -2.55. The number of rotatable bonds is 9. The molecule has 0 saturated carbocycles. The van der Waals surface area contributed by atoms with E-state index in [1.807, 2.05) is 6.49 Å². The maximum Gasteiger partial charge on any atom is -1.00 e. The molecule has 2 aromatic carbocycles. The molecule has 0 heterocycles. The van der Waals surface area contributed by atoms with Crippen molar-refractivity contribution < 1.29 is 46.1 Å². The van der Waals surface area contributed by atoms with E-state index < -0.39 is 21.3 Å². The van der Waals surface area contributed by atoms with Crippen LogP contribution in [0.2, 0.25) is 0 Å². The molecule has 3 heteroatoms. The second-order valence-electron chi connectivity index (χ2n) is 18.1. The van der Waals surface area contributed by atoms with Gasteiger partial charge in [-0.1, -0.05) is 0 Å². The van der Waals surface area contributed by atoms with E-state index in [1.54, 1.807) is 39.0 Å². The molecule has 270 valence electrons. The van der Waals surface area contributed by atoms with Crippen LogP contribution in [0.5, 0.6) is 0 Å². The fraction of sp³-hybridized carbons (Fsp3) is 0.553. The smallest absolute Gasteiger partial charge is 1.00 e. The predicted octanol–water partition coefficient (Wildman–Crippen LogP) is 8.00. The van der Waals surface area contributed by atoms with Gasteiger partial charge in [-0.05, 0) is 0 Å². The standard InChI is InChI=1S/C27H29.C11H17.C9H18.2ClH.Zr/c1-16-7-9-26(3,4)24-12-18-11-19-13-25-21(17(2)8-10-27(25,5)6)15-23(19)22(18)14-20(16)24;1-5-9-6-7-10(8-9)11(2,3)4;1-3-5-7-9-8-6-4-2;;;/h7-8,11-15H,9-10H2,1-6H3;7-9H,5H2,1-4H3;3-8H2,1-2H3;2*1H;/q;;;;;+2/p-2. The molecule has 0 nitrogen and oxygen atoms in total. The van der Waals surface area contributed by atoms with Crippen LogP contribution in [-0.4, -0.2) is 3.21 Å². The van der Waals surface area contributed by atoms with Crippen LogP contribution >= 0.6 is 0 Å². The average molecular weight is 791 g/mol. The molecule has 0 N–H and O–H groups in total. The van der Waals surface area contributed by atoms with Gasteiger partial charge in [0.2, 0.25) is 0 Å². The number of halogens is 2. The van der Waals surface area contributed by atoms with Crippen molar-refractivity contribution >= 4 is 14.4 Å². The summed E-state index contributed by atoms with van der Waals surface area (Å²) in [6.45, 7) is 29.2. The van der Waals surface area contributed by atoms with Crippen LogP contribution in [0.25, 0.3) is 22.3 Å². The molecule has 2 aromatic rings. The van der Waals surface area contributed by atoms with Crippen LogP contribution in [0.4, 0.5) is 0 Å². The average Bonchev–Trinajstić information content (AvgIpc) is 3.61. The second kappa shape index (κ2) is 15.6. The van der Waals surface area contributed by atoms with E-state index in [9.17, 15) is 0 Å². The Morgan fingerprint density at radius 1 is 0.720 bits per heavy atom. The number of unbranched alkanes of at least 4 members (excludes halogenated alkanes) is 2. The Hall–Kier alpha value is -1.27. The van der Waals surface area contributed by atoms with Crippen LogP contribution in [0.15, 0.2) is 57.4 Å². The minimum Gasteiger partial charge on any atom is -1.00 e. The zero-order chi connectivity index (χ0) is 34.8. The summed E-state index contributed by atoms with van der Waals surface area (Å²) >= 11 is -2.55. The summed E-state index contributed by atoms with van der Waals surface area (Å²) in [5, 5.41) is 0. The molecular weight excluding hydrogens is 727 g/mol. The molecule has 1 atom stereocenters. The van der Waals surface area contributed by atoms with Gasteiger partial charge in [-0.3, -0.25) is 0 Å². The molecular formula is C47H64Cl2Zr. The van der Waals surface area contributed by atoms with Gasteiger partial charge in [0.1, 0.15) is 0 Å². The van der Waals surface area contributed by atoms with Crippen LogP contribution in [0, 0.1) is 11.3 Å². The topological polar surface area (TPSA) is 0 Å². The number of fused-ring (bicyclic) bond motifs is 5. The zero-order valence-corrected chi connectivity index (χ0v) is 37.4. The maximum atomic E-state index is 2.78. The first-order valence-electron chi connectivity index (χ1n) is 19.5. The molecule has 50 heavy (non-hydrogen) atoms. The molecule has 4 aliphatic rings. The monoisotopic (exact) mass is 788 g/mol. The number of benzene rings is 2. The molecule has 1 unspecified atom stereocenters. The Morgan fingerprint density at radius 2 is 1.18 bits per heavy atom. The summed E-state index contributed by atoms with van der Waals surface area (Å²) in [5.41, 5.74) is 17.7. The summed E-state index contributed by atoms with van der Waals surface area (Å²) in [6, 6.07) is 10.9. The number of allylic oxidation sites excluding steroid dienone is 8. The largest absolute Gasteiger partial charge is 1.00 e. The summed E-state index contributed by atoms with van der Waals surface area (Å²) in [6.07, 6.45) is 21.9. The molecule has 0 saturated heterocycles. The molecule has 0 aliphatic heterocycles. The van der Waals surface area contributed by atoms with E-state index in [0.29, 0.717) is 9.54 Å². The third-order valence-corrected chi connectivity index (χ3v) is 21.3. The van der Waals surface area contributed by atoms with Crippen molar-refractivity contribution in [3.05, 3.63) is 90.8 Å². The van der Waals surface area contributed by atoms with Crippen LogP contribution in [0.1, 0.15) is 178 Å². The normalized spacial score (nSPS) is 19.6. The van der Waals surface area contributed by atoms with Gasteiger partial charge in [0.25, 0.3) is 0 Å². The van der Waals surface area contributed by atoms with Crippen molar-refractivity contribution in [2.75, 3.05) is 0 Å². The first kappa shape index (κ1) is 41.5. The fourth-order valence-corrected chi connectivity index (χ4v) is 19.3. The van der Waals surface area contributed by atoms with Crippen LogP contribution in [0.3, 0.4) is 0 Å². The summed E-state index contributed by atoms with van der Waals surface area (Å²) < 4.78 is 4.46. The van der Waals surface area contributed by atoms with Gasteiger partial charge in [-0.2, -0.15) is 0 Å². The van der Waals surface area contributed by atoms with Crippen molar-refractivity contribution in [1.82, 2.24) is 0 Å². The van der Waals surface area contributed by atoms with Gasteiger partial charge in [-0.25, -0.2) is 0 Å². The second-order valence-corrected chi connectivity index (χ2v) is 24.7. The maximum absolute atomic E-state index is 2.78. The van der Waals surface area contributed by atoms with Crippen molar-refractivity contribution in [3.8, 4) is 11.1 Å². The van der Waals surface area contributed by atoms with E-state index in [-0.39, 0.29) is 41.1 Å². The Balaban J connectivity index is 0.00000281. The van der Waals surface area contributed by atoms with E-state index in [2.05, 4.69) is 132 Å². The summed E-state index contributed by atoms with van der Waals surface area (Å²) in [7, 11) is 0. The molecule has 0 spiro atoms. The van der Waals surface area contributed by atoms with Gasteiger partial charge in [0.05, 0.1) is 0 Å². The van der Waals surface area contributed by atoms with Crippen LogP contribution < -0.4 is 24.8 Å². The van der Waals surface area contributed by atoms with Gasteiger partial charge in [0.15, 0.2) is 0 Å². The number of hydrogen-bond acceptors (Lipinski definition) is 0. The molecule has 4 aliphatic carbocycles. The first-order valence-corrected chi connectivity index (χ1v) is 23.4. The Morgan fingerprint density at radius 3 is 1.58 bits per heavy atom. The quantitative estimate of drug-likeness (QED) is 0.242. The fourth-order valence-electron chi connectivity index (χ4n) is 9.14. The molecule has 0 radical (unpaired) electrons. The molecule has 6 rings (SSSR count). The van der Waals surface area contributed by atoms with Crippen molar-refractivity contribution in [2.45, 2.75) is 155 Å². The summed E-state index contributed by atoms with van der Waals surface area (Å²) in [4.78, 5) is 0. The molecule has 0 fully saturated rings. The third-order valence-electron chi connectivity index (χ3n) is 12.5. The first-order chi connectivity index (χ1) is 22.6. The molecule has 0 amide bonds. The molecule has 0 aromatic heterocycles. The minimum absolute atomic E-state index is 0. The van der Waals surface area contributed by atoms with Crippen molar-refractivity contribution in [2.24, 2.45) is 11.3 Å². The van der Waals surface area contributed by atoms with Crippen molar-refractivity contribution in [3.63, 3.8) is 0 Å². The zero-order valence-electron chi connectivity index (χ0n) is 33.4. The molecule has 0 bridgehead atoms. The van der Waals surface area contributed by atoms with E-state index in [1.165, 1.54) is 67.2 Å². The van der Waals surface area contributed by atoms with Gasteiger partial charge in [-0.15, -0.1) is 0 Å². The van der Waals surface area contributed by atoms with E-state index >= 15 is 0 Å². The Labute approximate surface area is 326 Å². The van der Waals surface area contributed by atoms with Crippen LogP contribution in [-0.2, 0) is 32.1 Å². The van der Waals surface area contributed by atoms with Gasteiger partial charge >= 0.3 is 304 Å². The van der Waals surface area contributed by atoms with E-state index in [4.69, 9.17) is 0 Å². The SMILES string of the molecule is CCCC[C](CCCC)=[Zr+2]([C]1=CC(C(C)(C)C)=CC1CC)[CH]1c2cc3c(cc2-c2cc4c(cc21)C(C)(C)CC=C4C)C(C)=CCC3(C)C.[Cl-].[Cl-]. The Bertz CT molecular complexity index is 1680.